The molecule has 2 rings (SSSR count). The lowest BCUT2D eigenvalue weighted by atomic mass is 9.94. The molecular formula is C15H17NO. The molecule has 0 amide bonds. The van der Waals surface area contributed by atoms with Crippen LogP contribution in [0.2, 0.25) is 0 Å². The van der Waals surface area contributed by atoms with Crippen LogP contribution < -0.4 is 5.73 Å². The Morgan fingerprint density at radius 3 is 2.00 bits per heavy atom. The van der Waals surface area contributed by atoms with E-state index in [-0.39, 0.29) is 6.54 Å². The molecule has 0 heterocycles. The van der Waals surface area contributed by atoms with E-state index in [0.717, 1.165) is 11.1 Å². The lowest BCUT2D eigenvalue weighted by Crippen LogP contribution is -2.31. The van der Waals surface area contributed by atoms with Gasteiger partial charge in [-0.15, -0.1) is 0 Å². The van der Waals surface area contributed by atoms with Crippen LogP contribution >= 0.6 is 0 Å². The fraction of sp³-hybridized carbons (Fsp3) is 0.200. The van der Waals surface area contributed by atoms with E-state index >= 15 is 0 Å². The lowest BCUT2D eigenvalue weighted by molar-refractivity contribution is 0.0668. The first-order chi connectivity index (χ1) is 8.13. The summed E-state index contributed by atoms with van der Waals surface area (Å²) in [5.41, 5.74) is 7.75. The van der Waals surface area contributed by atoms with E-state index in [1.54, 1.807) is 6.92 Å². The zero-order valence-corrected chi connectivity index (χ0v) is 9.93. The highest BCUT2D eigenvalue weighted by Crippen LogP contribution is 2.24. The van der Waals surface area contributed by atoms with Crippen LogP contribution in [-0.2, 0) is 5.60 Å². The lowest BCUT2D eigenvalue weighted by Gasteiger charge is -2.21. The van der Waals surface area contributed by atoms with Crippen molar-refractivity contribution < 1.29 is 5.11 Å². The van der Waals surface area contributed by atoms with Crippen molar-refractivity contribution >= 4 is 0 Å². The third-order valence-corrected chi connectivity index (χ3v) is 3.01. The minimum Gasteiger partial charge on any atom is -0.384 e. The second-order valence-electron chi connectivity index (χ2n) is 4.42. The Labute approximate surface area is 102 Å². The highest BCUT2D eigenvalue weighted by molar-refractivity contribution is 5.63. The summed E-state index contributed by atoms with van der Waals surface area (Å²) in [6.07, 6.45) is 0. The quantitative estimate of drug-likeness (QED) is 0.846. The largest absolute Gasteiger partial charge is 0.384 e. The Balaban J connectivity index is 2.31. The summed E-state index contributed by atoms with van der Waals surface area (Å²) < 4.78 is 0. The molecule has 17 heavy (non-hydrogen) atoms. The van der Waals surface area contributed by atoms with Crippen molar-refractivity contribution in [1.29, 1.82) is 0 Å². The van der Waals surface area contributed by atoms with Gasteiger partial charge in [-0.2, -0.15) is 0 Å². The topological polar surface area (TPSA) is 46.2 Å². The van der Waals surface area contributed by atoms with Crippen molar-refractivity contribution in [2.24, 2.45) is 5.73 Å². The van der Waals surface area contributed by atoms with Gasteiger partial charge in [-0.25, -0.2) is 0 Å². The van der Waals surface area contributed by atoms with Crippen LogP contribution in [0.15, 0.2) is 54.6 Å². The summed E-state index contributed by atoms with van der Waals surface area (Å²) >= 11 is 0. The number of rotatable bonds is 3. The van der Waals surface area contributed by atoms with Gasteiger partial charge >= 0.3 is 0 Å². The average Bonchev–Trinajstić information content (AvgIpc) is 2.40. The zero-order valence-electron chi connectivity index (χ0n) is 9.93. The Kier molecular flexibility index (Phi) is 3.27. The Hall–Kier alpha value is -1.64. The highest BCUT2D eigenvalue weighted by atomic mass is 16.3. The van der Waals surface area contributed by atoms with E-state index in [1.165, 1.54) is 5.56 Å². The highest BCUT2D eigenvalue weighted by Gasteiger charge is 2.20. The Morgan fingerprint density at radius 2 is 1.47 bits per heavy atom. The maximum absolute atomic E-state index is 10.0. The molecular weight excluding hydrogens is 210 g/mol. The van der Waals surface area contributed by atoms with Gasteiger partial charge in [0.05, 0.1) is 5.60 Å². The van der Waals surface area contributed by atoms with E-state index in [2.05, 4.69) is 12.1 Å². The van der Waals surface area contributed by atoms with Crippen LogP contribution in [0.5, 0.6) is 0 Å². The van der Waals surface area contributed by atoms with Crippen molar-refractivity contribution in [2.75, 3.05) is 6.54 Å². The van der Waals surface area contributed by atoms with Gasteiger partial charge in [0.15, 0.2) is 0 Å². The van der Waals surface area contributed by atoms with Crippen LogP contribution in [0.25, 0.3) is 11.1 Å². The molecule has 0 bridgehead atoms. The average molecular weight is 227 g/mol. The van der Waals surface area contributed by atoms with Gasteiger partial charge < -0.3 is 10.8 Å². The Bertz CT molecular complexity index is 474. The predicted molar refractivity (Wildman–Crippen MR) is 70.5 cm³/mol. The fourth-order valence-corrected chi connectivity index (χ4v) is 1.77. The third-order valence-electron chi connectivity index (χ3n) is 3.01. The standard InChI is InChI=1S/C15H17NO/c1-15(17,11-16)14-9-7-13(8-10-14)12-5-3-2-4-6-12/h2-10,17H,11,16H2,1H3/t15-/m1/s1. The summed E-state index contributed by atoms with van der Waals surface area (Å²) in [6.45, 7) is 1.95. The van der Waals surface area contributed by atoms with Gasteiger partial charge in [0.25, 0.3) is 0 Å². The molecule has 0 aromatic heterocycles. The number of benzene rings is 2. The van der Waals surface area contributed by atoms with Crippen molar-refractivity contribution in [2.45, 2.75) is 12.5 Å². The van der Waals surface area contributed by atoms with Gasteiger partial charge in [-0.3, -0.25) is 0 Å². The molecule has 1 atom stereocenters. The molecule has 0 aliphatic heterocycles. The third kappa shape index (κ3) is 2.54. The first-order valence-corrected chi connectivity index (χ1v) is 5.72. The van der Waals surface area contributed by atoms with E-state index in [1.807, 2.05) is 42.5 Å². The second-order valence-corrected chi connectivity index (χ2v) is 4.42. The Morgan fingerprint density at radius 1 is 0.941 bits per heavy atom. The molecule has 0 saturated heterocycles. The molecule has 2 heteroatoms. The number of hydrogen-bond donors (Lipinski definition) is 2. The minimum absolute atomic E-state index is 0.220. The van der Waals surface area contributed by atoms with E-state index < -0.39 is 5.60 Å². The molecule has 88 valence electrons. The van der Waals surface area contributed by atoms with E-state index in [0.29, 0.717) is 0 Å². The van der Waals surface area contributed by atoms with Gasteiger partial charge in [-0.05, 0) is 23.6 Å². The predicted octanol–water partition coefficient (Wildman–Crippen LogP) is 2.52. The molecule has 0 radical (unpaired) electrons. The number of hydrogen-bond acceptors (Lipinski definition) is 2. The molecule has 2 nitrogen and oxygen atoms in total. The summed E-state index contributed by atoms with van der Waals surface area (Å²) in [7, 11) is 0. The van der Waals surface area contributed by atoms with Crippen molar-refractivity contribution in [3.05, 3.63) is 60.2 Å². The number of nitrogens with two attached hydrogens (primary N) is 1. The SMILES string of the molecule is C[C@@](O)(CN)c1ccc(-c2ccccc2)cc1. The first-order valence-electron chi connectivity index (χ1n) is 5.72. The van der Waals surface area contributed by atoms with Gasteiger partial charge in [0, 0.05) is 6.54 Å². The molecule has 0 spiro atoms. The van der Waals surface area contributed by atoms with Crippen LogP contribution in [0.3, 0.4) is 0 Å². The zero-order chi connectivity index (χ0) is 12.3. The molecule has 2 aromatic rings. The van der Waals surface area contributed by atoms with Crippen molar-refractivity contribution in [3.8, 4) is 11.1 Å². The molecule has 0 aliphatic rings. The second kappa shape index (κ2) is 4.70. The normalized spacial score (nSPS) is 14.3. The summed E-state index contributed by atoms with van der Waals surface area (Å²) in [6, 6.07) is 18.0. The maximum atomic E-state index is 10.0. The molecule has 3 N–H and O–H groups in total. The van der Waals surface area contributed by atoms with Crippen LogP contribution in [0.4, 0.5) is 0 Å². The molecule has 0 unspecified atom stereocenters. The van der Waals surface area contributed by atoms with E-state index in [4.69, 9.17) is 5.73 Å². The van der Waals surface area contributed by atoms with Gasteiger partial charge in [0.1, 0.15) is 0 Å². The minimum atomic E-state index is -0.949. The molecule has 2 aromatic carbocycles. The summed E-state index contributed by atoms with van der Waals surface area (Å²) in [4.78, 5) is 0. The van der Waals surface area contributed by atoms with Crippen molar-refractivity contribution in [1.82, 2.24) is 0 Å². The first kappa shape index (κ1) is 11.8. The van der Waals surface area contributed by atoms with Crippen molar-refractivity contribution in [3.63, 3.8) is 0 Å². The molecule has 0 saturated carbocycles. The molecule has 0 aliphatic carbocycles. The van der Waals surface area contributed by atoms with Crippen LogP contribution in [0, 0.1) is 0 Å². The summed E-state index contributed by atoms with van der Waals surface area (Å²) in [5, 5.41) is 10.0. The molecule has 0 fully saturated rings. The smallest absolute Gasteiger partial charge is 0.0990 e. The van der Waals surface area contributed by atoms with Gasteiger partial charge in [-0.1, -0.05) is 54.6 Å². The summed E-state index contributed by atoms with van der Waals surface area (Å²) in [5.74, 6) is 0. The maximum Gasteiger partial charge on any atom is 0.0990 e. The van der Waals surface area contributed by atoms with Gasteiger partial charge in [0.2, 0.25) is 0 Å². The monoisotopic (exact) mass is 227 g/mol. The fourth-order valence-electron chi connectivity index (χ4n) is 1.77. The van der Waals surface area contributed by atoms with Crippen LogP contribution in [0.1, 0.15) is 12.5 Å². The number of aliphatic hydroxyl groups is 1. The van der Waals surface area contributed by atoms with E-state index in [9.17, 15) is 5.11 Å². The van der Waals surface area contributed by atoms with Crippen LogP contribution in [-0.4, -0.2) is 11.7 Å².